The maximum absolute atomic E-state index is 12.7. The van der Waals surface area contributed by atoms with Crippen LogP contribution >= 0.6 is 0 Å². The van der Waals surface area contributed by atoms with Crippen molar-refractivity contribution < 1.29 is 18.0 Å². The number of nitrogens with zero attached hydrogens (tertiary/aromatic N) is 4. The van der Waals surface area contributed by atoms with E-state index in [0.29, 0.717) is 31.1 Å². The standard InChI is InChI=1S/C18H31F3N2O.C12H23N3/c1-6-22(5)12-8-9-17(24)23(7-2)14-16(11-10-15(3)4)13-18(19,20)21;1-3-5-8-15(4-2)10-11-6-7-14-12(13)9-11/h10-11H,6-9,12-14H2,1-5H3;7,9,11H,3-6,8,10,13H2,1-2H3/b16-11+;. The molecule has 0 saturated carbocycles. The van der Waals surface area contributed by atoms with E-state index in [9.17, 15) is 18.0 Å². The van der Waals surface area contributed by atoms with Crippen LogP contribution in [0.25, 0.3) is 0 Å². The lowest BCUT2D eigenvalue weighted by atomic mass is 10.0. The summed E-state index contributed by atoms with van der Waals surface area (Å²) in [6, 6.07) is 0. The summed E-state index contributed by atoms with van der Waals surface area (Å²) in [5.74, 6) is 1.14. The first-order valence-corrected chi connectivity index (χ1v) is 14.4. The third-order valence-electron chi connectivity index (χ3n) is 6.50. The number of amides is 1. The highest BCUT2D eigenvalue weighted by Crippen LogP contribution is 2.25. The van der Waals surface area contributed by atoms with E-state index in [-0.39, 0.29) is 18.0 Å². The predicted octanol–water partition coefficient (Wildman–Crippen LogP) is 6.41. The molecule has 0 radical (unpaired) electrons. The molecule has 0 spiro atoms. The summed E-state index contributed by atoms with van der Waals surface area (Å²) < 4.78 is 38.2. The number of aliphatic imine (C=N–C) groups is 1. The van der Waals surface area contributed by atoms with Crippen LogP contribution in [-0.4, -0.2) is 85.9 Å². The Morgan fingerprint density at radius 1 is 1.08 bits per heavy atom. The highest BCUT2D eigenvalue weighted by atomic mass is 19.4. The Hall–Kier alpha value is -2.13. The van der Waals surface area contributed by atoms with Crippen LogP contribution in [-0.2, 0) is 4.79 Å². The Morgan fingerprint density at radius 2 is 1.77 bits per heavy atom. The summed E-state index contributed by atoms with van der Waals surface area (Å²) in [6.07, 6.45) is 6.58. The van der Waals surface area contributed by atoms with Gasteiger partial charge in [-0.1, -0.05) is 44.9 Å². The zero-order chi connectivity index (χ0) is 29.8. The van der Waals surface area contributed by atoms with Crippen molar-refractivity contribution in [2.24, 2.45) is 16.6 Å². The summed E-state index contributed by atoms with van der Waals surface area (Å²) in [5, 5.41) is 0. The van der Waals surface area contributed by atoms with Crippen LogP contribution in [0.15, 0.2) is 40.2 Å². The number of unbranched alkanes of at least 4 members (excludes halogenated alkanes) is 1. The molecule has 1 rings (SSSR count). The molecule has 1 atom stereocenters. The highest BCUT2D eigenvalue weighted by molar-refractivity contribution is 5.76. The van der Waals surface area contributed by atoms with E-state index in [1.54, 1.807) is 13.0 Å². The molecule has 226 valence electrons. The van der Waals surface area contributed by atoms with E-state index in [1.807, 2.05) is 34.0 Å². The number of likely N-dealkylation sites (N-methyl/N-ethyl adjacent to an activating group) is 1. The third kappa shape index (κ3) is 19.6. The van der Waals surface area contributed by atoms with Gasteiger partial charge in [-0.05, 0) is 90.8 Å². The molecule has 0 fully saturated rings. The molecule has 2 N–H and O–H groups in total. The Morgan fingerprint density at radius 3 is 2.28 bits per heavy atom. The van der Waals surface area contributed by atoms with Gasteiger partial charge < -0.3 is 20.4 Å². The van der Waals surface area contributed by atoms with Gasteiger partial charge >= 0.3 is 6.18 Å². The van der Waals surface area contributed by atoms with Crippen molar-refractivity contribution in [2.45, 2.75) is 86.2 Å². The molecule has 9 heteroatoms. The Labute approximate surface area is 235 Å². The van der Waals surface area contributed by atoms with Gasteiger partial charge in [0.25, 0.3) is 0 Å². The molecule has 0 aliphatic carbocycles. The second-order valence-electron chi connectivity index (χ2n) is 10.4. The highest BCUT2D eigenvalue weighted by Gasteiger charge is 2.29. The second-order valence-corrected chi connectivity index (χ2v) is 10.4. The van der Waals surface area contributed by atoms with Crippen LogP contribution in [0.3, 0.4) is 0 Å². The summed E-state index contributed by atoms with van der Waals surface area (Å²) in [6.45, 7) is 17.5. The van der Waals surface area contributed by atoms with E-state index in [4.69, 9.17) is 5.73 Å². The minimum atomic E-state index is -4.27. The summed E-state index contributed by atoms with van der Waals surface area (Å²) >= 11 is 0. The fraction of sp³-hybridized carbons (Fsp3) is 0.733. The van der Waals surface area contributed by atoms with E-state index < -0.39 is 12.6 Å². The first-order chi connectivity index (χ1) is 18.3. The van der Waals surface area contributed by atoms with Crippen LogP contribution < -0.4 is 5.73 Å². The largest absolute Gasteiger partial charge is 0.392 e. The lowest BCUT2D eigenvalue weighted by Crippen LogP contribution is -2.34. The van der Waals surface area contributed by atoms with Crippen molar-refractivity contribution >= 4 is 12.1 Å². The number of carbonyl (C=O) groups is 1. The van der Waals surface area contributed by atoms with Gasteiger partial charge in [-0.15, -0.1) is 0 Å². The molecule has 0 aromatic rings. The van der Waals surface area contributed by atoms with Gasteiger partial charge in [-0.2, -0.15) is 13.2 Å². The molecular weight excluding hydrogens is 503 g/mol. The number of allylic oxidation sites excluding steroid dienone is 3. The molecule has 1 aliphatic rings. The zero-order valence-electron chi connectivity index (χ0n) is 25.5. The van der Waals surface area contributed by atoms with Crippen LogP contribution in [0.2, 0.25) is 0 Å². The fourth-order valence-electron chi connectivity index (χ4n) is 4.01. The number of hydrogen-bond donors (Lipinski definition) is 1. The van der Waals surface area contributed by atoms with Crippen LogP contribution in [0.5, 0.6) is 0 Å². The minimum Gasteiger partial charge on any atom is -0.384 e. The van der Waals surface area contributed by atoms with Crippen LogP contribution in [0.1, 0.15) is 80.1 Å². The molecule has 0 bridgehead atoms. The fourth-order valence-corrected chi connectivity index (χ4v) is 4.01. The number of halogens is 3. The van der Waals surface area contributed by atoms with Gasteiger partial charge in [0, 0.05) is 32.3 Å². The molecular formula is C30H54F3N5O. The van der Waals surface area contributed by atoms with Crippen LogP contribution in [0.4, 0.5) is 13.2 Å². The summed E-state index contributed by atoms with van der Waals surface area (Å²) in [4.78, 5) is 22.4. The van der Waals surface area contributed by atoms with Gasteiger partial charge in [0.1, 0.15) is 5.82 Å². The SMILES string of the molecule is CCCCN(CC)CC1C=C(N)N=CC1.CCN(C)CCCC(=O)N(CC)C/C(=C/C=C(C)C)CC(F)(F)F. The van der Waals surface area contributed by atoms with Crippen molar-refractivity contribution in [1.82, 2.24) is 14.7 Å². The molecule has 1 heterocycles. The number of rotatable bonds is 16. The van der Waals surface area contributed by atoms with E-state index >= 15 is 0 Å². The molecule has 0 saturated heterocycles. The normalized spacial score (nSPS) is 15.6. The molecule has 1 unspecified atom stereocenters. The summed E-state index contributed by atoms with van der Waals surface area (Å²) in [5.41, 5.74) is 6.82. The maximum Gasteiger partial charge on any atom is 0.392 e. The average molecular weight is 558 g/mol. The van der Waals surface area contributed by atoms with Crippen LogP contribution in [0, 0.1) is 5.92 Å². The molecule has 0 aromatic heterocycles. The molecule has 39 heavy (non-hydrogen) atoms. The van der Waals surface area contributed by atoms with E-state index in [0.717, 1.165) is 38.2 Å². The lowest BCUT2D eigenvalue weighted by molar-refractivity contribution is -0.134. The van der Waals surface area contributed by atoms with Crippen molar-refractivity contribution in [3.8, 4) is 0 Å². The second kappa shape index (κ2) is 20.7. The average Bonchev–Trinajstić information content (AvgIpc) is 2.87. The van der Waals surface area contributed by atoms with Gasteiger partial charge in [0.05, 0.1) is 6.42 Å². The Kier molecular flexibility index (Phi) is 19.6. The number of carbonyl (C=O) groups excluding carboxylic acids is 1. The molecule has 6 nitrogen and oxygen atoms in total. The predicted molar refractivity (Wildman–Crippen MR) is 159 cm³/mol. The van der Waals surface area contributed by atoms with Gasteiger partial charge in [-0.3, -0.25) is 4.79 Å². The van der Waals surface area contributed by atoms with Crippen molar-refractivity contribution in [3.05, 3.63) is 35.2 Å². The van der Waals surface area contributed by atoms with Gasteiger partial charge in [0.2, 0.25) is 5.91 Å². The van der Waals surface area contributed by atoms with Crippen molar-refractivity contribution in [1.29, 1.82) is 0 Å². The number of hydrogen-bond acceptors (Lipinski definition) is 5. The number of alkyl halides is 3. The van der Waals surface area contributed by atoms with E-state index in [2.05, 4.69) is 34.7 Å². The monoisotopic (exact) mass is 557 g/mol. The van der Waals surface area contributed by atoms with Gasteiger partial charge in [-0.25, -0.2) is 4.99 Å². The lowest BCUT2D eigenvalue weighted by Gasteiger charge is -2.25. The smallest absolute Gasteiger partial charge is 0.384 e. The topological polar surface area (TPSA) is 65.2 Å². The first kappa shape index (κ1) is 36.9. The molecule has 1 aliphatic heterocycles. The van der Waals surface area contributed by atoms with Crippen molar-refractivity contribution in [3.63, 3.8) is 0 Å². The maximum atomic E-state index is 12.7. The quantitative estimate of drug-likeness (QED) is 0.223. The Balaban J connectivity index is 0.000000820. The van der Waals surface area contributed by atoms with E-state index in [1.165, 1.54) is 30.4 Å². The first-order valence-electron chi connectivity index (χ1n) is 14.4. The third-order valence-corrected chi connectivity index (χ3v) is 6.50. The van der Waals surface area contributed by atoms with Gasteiger partial charge in [0.15, 0.2) is 0 Å². The molecule has 1 amide bonds. The zero-order valence-corrected chi connectivity index (χ0v) is 25.5. The number of nitrogens with two attached hydrogens (primary N) is 1. The Bertz CT molecular complexity index is 801. The minimum absolute atomic E-state index is 0.0300. The van der Waals surface area contributed by atoms with Crippen molar-refractivity contribution in [2.75, 3.05) is 52.9 Å². The summed E-state index contributed by atoms with van der Waals surface area (Å²) in [7, 11) is 1.98. The molecule has 0 aromatic carbocycles.